The van der Waals surface area contributed by atoms with E-state index in [9.17, 15) is 14.7 Å². The summed E-state index contributed by atoms with van der Waals surface area (Å²) >= 11 is 13.4. The fraction of sp³-hybridized carbons (Fsp3) is 0.308. The van der Waals surface area contributed by atoms with Gasteiger partial charge in [-0.05, 0) is 107 Å². The number of hydrogen-bond acceptors (Lipinski definition) is 4. The van der Waals surface area contributed by atoms with E-state index in [1.807, 2.05) is 86.8 Å². The lowest BCUT2D eigenvalue weighted by atomic mass is 9.98. The largest absolute Gasteiger partial charge is 0.494 e. The molecule has 0 saturated carbocycles. The van der Waals surface area contributed by atoms with Crippen LogP contribution in [0.1, 0.15) is 68.4 Å². The fourth-order valence-corrected chi connectivity index (χ4v) is 8.02. The Morgan fingerprint density at radius 3 is 2.38 bits per heavy atom. The summed E-state index contributed by atoms with van der Waals surface area (Å²) in [4.78, 5) is 28.5. The molecule has 0 bridgehead atoms. The summed E-state index contributed by atoms with van der Waals surface area (Å²) in [6, 6.07) is 15.1. The summed E-state index contributed by atoms with van der Waals surface area (Å²) in [7, 11) is 3.66. The predicted molar refractivity (Wildman–Crippen MR) is 200 cm³/mol. The van der Waals surface area contributed by atoms with Crippen molar-refractivity contribution in [2.24, 2.45) is 14.1 Å². The van der Waals surface area contributed by atoms with Crippen LogP contribution in [0.2, 0.25) is 10.0 Å². The minimum atomic E-state index is -0.999. The molecule has 4 heterocycles. The Hall–Kier alpha value is -4.73. The van der Waals surface area contributed by atoms with Gasteiger partial charge in [0, 0.05) is 70.5 Å². The van der Waals surface area contributed by atoms with E-state index in [0.717, 1.165) is 71.8 Å². The van der Waals surface area contributed by atoms with Gasteiger partial charge >= 0.3 is 5.97 Å². The van der Waals surface area contributed by atoms with Crippen molar-refractivity contribution in [2.75, 3.05) is 18.1 Å². The summed E-state index contributed by atoms with van der Waals surface area (Å²) in [6.45, 7) is 11.0. The van der Waals surface area contributed by atoms with E-state index >= 15 is 0 Å². The van der Waals surface area contributed by atoms with Crippen LogP contribution >= 0.6 is 23.2 Å². The van der Waals surface area contributed by atoms with Gasteiger partial charge in [-0.25, -0.2) is 4.79 Å². The van der Waals surface area contributed by atoms with Crippen LogP contribution in [-0.4, -0.2) is 49.0 Å². The minimum absolute atomic E-state index is 0.106. The number of anilines is 1. The standard InChI is InChI=1S/C39H39Cl2N5O4/c1-20-15-27(16-21(2)35(20)41)50-14-8-9-28-29-11-12-30(40)34(33-23(4)42-44(7)24(33)5)36(29)46-22(3)19-45(38(47)37(28)46)26-10-13-31-25(17-26)18-32(39(48)49)43(31)6/h10-13,15-18,22H,8-9,14,19H2,1-7H3,(H,48,49). The van der Waals surface area contributed by atoms with E-state index in [0.29, 0.717) is 42.4 Å². The smallest absolute Gasteiger partial charge is 0.352 e. The highest BCUT2D eigenvalue weighted by molar-refractivity contribution is 6.35. The number of carbonyl (C=O) groups excluding carboxylic acids is 1. The lowest BCUT2D eigenvalue weighted by Crippen LogP contribution is -2.42. The zero-order valence-corrected chi connectivity index (χ0v) is 30.7. The van der Waals surface area contributed by atoms with Crippen LogP contribution in [0.15, 0.2) is 48.5 Å². The highest BCUT2D eigenvalue weighted by Crippen LogP contribution is 2.45. The lowest BCUT2D eigenvalue weighted by molar-refractivity contribution is 0.0686. The third-order valence-corrected chi connectivity index (χ3v) is 11.0. The number of fused-ring (bicyclic) bond motifs is 4. The van der Waals surface area contributed by atoms with Gasteiger partial charge in [0.05, 0.1) is 22.8 Å². The van der Waals surface area contributed by atoms with Gasteiger partial charge in [0.15, 0.2) is 0 Å². The van der Waals surface area contributed by atoms with Gasteiger partial charge in [0.25, 0.3) is 5.91 Å². The van der Waals surface area contributed by atoms with E-state index in [-0.39, 0.29) is 17.6 Å². The quantitative estimate of drug-likeness (QED) is 0.159. The molecule has 0 aliphatic carbocycles. The molecule has 1 unspecified atom stereocenters. The van der Waals surface area contributed by atoms with Gasteiger partial charge < -0.3 is 23.9 Å². The second kappa shape index (κ2) is 12.5. The summed E-state index contributed by atoms with van der Waals surface area (Å²) in [5.41, 5.74) is 9.82. The second-order valence-electron chi connectivity index (χ2n) is 13.4. The van der Waals surface area contributed by atoms with E-state index in [1.165, 1.54) is 0 Å². The van der Waals surface area contributed by atoms with Crippen LogP contribution in [0.5, 0.6) is 5.75 Å². The Labute approximate surface area is 300 Å². The van der Waals surface area contributed by atoms with Crippen molar-refractivity contribution in [3.05, 3.63) is 98.0 Å². The van der Waals surface area contributed by atoms with E-state index in [2.05, 4.69) is 11.5 Å². The van der Waals surface area contributed by atoms with Gasteiger partial charge in [-0.2, -0.15) is 5.10 Å². The number of carboxylic acid groups (broad SMARTS) is 1. The molecule has 11 heteroatoms. The molecule has 1 atom stereocenters. The summed E-state index contributed by atoms with van der Waals surface area (Å²) < 4.78 is 11.9. The molecule has 0 fully saturated rings. The first-order valence-corrected chi connectivity index (χ1v) is 17.4. The number of amides is 1. The number of aryl methyl sites for hydroxylation is 6. The van der Waals surface area contributed by atoms with E-state index in [1.54, 1.807) is 17.7 Å². The molecular formula is C39H39Cl2N5O4. The Balaban J connectivity index is 1.35. The first-order valence-electron chi connectivity index (χ1n) is 16.7. The highest BCUT2D eigenvalue weighted by atomic mass is 35.5. The van der Waals surface area contributed by atoms with Crippen LogP contribution in [-0.2, 0) is 20.5 Å². The minimum Gasteiger partial charge on any atom is -0.494 e. The number of ether oxygens (including phenoxy) is 1. The normalized spacial score (nSPS) is 14.6. The third-order valence-electron chi connectivity index (χ3n) is 10.1. The van der Waals surface area contributed by atoms with Crippen molar-refractivity contribution in [1.82, 2.24) is 18.9 Å². The number of rotatable bonds is 8. The number of aromatic nitrogens is 4. The van der Waals surface area contributed by atoms with Crippen molar-refractivity contribution < 1.29 is 19.4 Å². The number of carboxylic acids is 1. The number of nitrogens with zero attached hydrogens (tertiary/aromatic N) is 5. The van der Waals surface area contributed by atoms with E-state index < -0.39 is 5.97 Å². The third kappa shape index (κ3) is 5.34. The molecule has 1 aliphatic rings. The molecule has 1 amide bonds. The Morgan fingerprint density at radius 2 is 1.72 bits per heavy atom. The molecule has 50 heavy (non-hydrogen) atoms. The molecule has 258 valence electrons. The molecule has 3 aromatic carbocycles. The molecular weight excluding hydrogens is 673 g/mol. The fourth-order valence-electron chi connectivity index (χ4n) is 7.66. The van der Waals surface area contributed by atoms with Gasteiger partial charge in [-0.3, -0.25) is 9.48 Å². The summed E-state index contributed by atoms with van der Waals surface area (Å²) in [5, 5.41) is 17.5. The average molecular weight is 713 g/mol. The zero-order chi connectivity index (χ0) is 35.8. The van der Waals surface area contributed by atoms with Gasteiger partial charge in [0.1, 0.15) is 17.1 Å². The highest BCUT2D eigenvalue weighted by Gasteiger charge is 2.37. The first kappa shape index (κ1) is 33.8. The Bertz CT molecular complexity index is 2360. The molecule has 1 N–H and O–H groups in total. The molecule has 0 saturated heterocycles. The Kier molecular flexibility index (Phi) is 8.47. The van der Waals surface area contributed by atoms with Crippen molar-refractivity contribution in [2.45, 2.75) is 53.5 Å². The molecule has 3 aromatic heterocycles. The van der Waals surface area contributed by atoms with Crippen LogP contribution in [0.4, 0.5) is 5.69 Å². The van der Waals surface area contributed by atoms with Crippen LogP contribution in [0.25, 0.3) is 32.9 Å². The summed E-state index contributed by atoms with van der Waals surface area (Å²) in [5.74, 6) is -0.349. The Morgan fingerprint density at radius 1 is 1.00 bits per heavy atom. The van der Waals surface area contributed by atoms with Crippen molar-refractivity contribution in [1.29, 1.82) is 0 Å². The summed E-state index contributed by atoms with van der Waals surface area (Å²) in [6.07, 6.45) is 1.27. The van der Waals surface area contributed by atoms with Crippen LogP contribution in [0.3, 0.4) is 0 Å². The van der Waals surface area contributed by atoms with Crippen LogP contribution in [0, 0.1) is 27.7 Å². The number of aromatic carboxylic acids is 1. The van der Waals surface area contributed by atoms with Crippen LogP contribution < -0.4 is 9.64 Å². The molecule has 7 rings (SSSR count). The van der Waals surface area contributed by atoms with Gasteiger partial charge in [0.2, 0.25) is 0 Å². The second-order valence-corrected chi connectivity index (χ2v) is 14.2. The van der Waals surface area contributed by atoms with Crippen molar-refractivity contribution in [3.8, 4) is 16.9 Å². The molecule has 9 nitrogen and oxygen atoms in total. The van der Waals surface area contributed by atoms with Crippen molar-refractivity contribution in [3.63, 3.8) is 0 Å². The number of halogens is 2. The maximum absolute atomic E-state index is 14.8. The average Bonchev–Trinajstić information content (AvgIpc) is 3.67. The lowest BCUT2D eigenvalue weighted by Gasteiger charge is -2.34. The first-order chi connectivity index (χ1) is 23.8. The number of carbonyl (C=O) groups is 2. The molecule has 0 spiro atoms. The SMILES string of the molecule is Cc1cc(OCCCc2c3n(c4c(-c5c(C)nn(C)c5C)c(Cl)ccc24)C(C)CN(c2ccc4c(c2)cc(C(=O)O)n4C)C3=O)cc(C)c1Cl. The monoisotopic (exact) mass is 711 g/mol. The molecule has 0 radical (unpaired) electrons. The van der Waals surface area contributed by atoms with Gasteiger partial charge in [-0.1, -0.05) is 29.3 Å². The topological polar surface area (TPSA) is 94.5 Å². The van der Waals surface area contributed by atoms with Gasteiger partial charge in [-0.15, -0.1) is 0 Å². The number of hydrogen-bond donors (Lipinski definition) is 1. The number of benzene rings is 3. The maximum atomic E-state index is 14.8. The molecule has 6 aromatic rings. The maximum Gasteiger partial charge on any atom is 0.352 e. The molecule has 1 aliphatic heterocycles. The zero-order valence-electron chi connectivity index (χ0n) is 29.2. The van der Waals surface area contributed by atoms with E-state index in [4.69, 9.17) is 33.0 Å². The van der Waals surface area contributed by atoms with Crippen molar-refractivity contribution >= 4 is 62.6 Å². The predicted octanol–water partition coefficient (Wildman–Crippen LogP) is 9.01.